The Balaban J connectivity index is 1.11. The summed E-state index contributed by atoms with van der Waals surface area (Å²) in [5.41, 5.74) is 16.2. The molecule has 0 N–H and O–H groups in total. The highest BCUT2D eigenvalue weighted by Gasteiger charge is 2.38. The molecule has 0 fully saturated rings. The van der Waals surface area contributed by atoms with Crippen LogP contribution >= 0.6 is 0 Å². The van der Waals surface area contributed by atoms with Crippen molar-refractivity contribution in [2.45, 2.75) is 19.3 Å². The number of aromatic nitrogens is 2. The lowest BCUT2D eigenvalue weighted by molar-refractivity contribution is 0.661. The Labute approximate surface area is 334 Å². The maximum atomic E-state index is 4.39. The van der Waals surface area contributed by atoms with Gasteiger partial charge in [0, 0.05) is 64.0 Å². The molecule has 0 radical (unpaired) electrons. The van der Waals surface area contributed by atoms with E-state index in [0.717, 1.165) is 34.1 Å². The van der Waals surface area contributed by atoms with Gasteiger partial charge in [-0.3, -0.25) is 9.97 Å². The minimum absolute atomic E-state index is 0.290. The van der Waals surface area contributed by atoms with Crippen LogP contribution in [0, 0.1) is 0 Å². The molecule has 10 rings (SSSR count). The lowest BCUT2D eigenvalue weighted by Crippen LogP contribution is -2.18. The van der Waals surface area contributed by atoms with Gasteiger partial charge in [-0.1, -0.05) is 129 Å². The van der Waals surface area contributed by atoms with E-state index < -0.39 is 0 Å². The topological polar surface area (TPSA) is 32.3 Å². The summed E-state index contributed by atoms with van der Waals surface area (Å²) in [7, 11) is 0. The first-order chi connectivity index (χ1) is 28.0. The van der Waals surface area contributed by atoms with E-state index in [1.807, 2.05) is 24.8 Å². The van der Waals surface area contributed by atoms with Gasteiger partial charge in [0.1, 0.15) is 0 Å². The zero-order chi connectivity index (χ0) is 38.3. The third-order valence-electron chi connectivity index (χ3n) is 11.4. The number of hydrogen-bond donors (Lipinski definition) is 0. The van der Waals surface area contributed by atoms with Crippen molar-refractivity contribution in [1.82, 2.24) is 9.97 Å². The highest BCUT2D eigenvalue weighted by molar-refractivity contribution is 6.10. The van der Waals surface area contributed by atoms with Gasteiger partial charge in [-0.15, -0.1) is 0 Å². The van der Waals surface area contributed by atoms with Crippen molar-refractivity contribution >= 4 is 44.9 Å². The fraction of sp³-hybridized carbons (Fsp3) is 0.0566. The number of benzene rings is 7. The zero-order valence-corrected chi connectivity index (χ0v) is 31.9. The largest absolute Gasteiger partial charge is 0.310 e. The summed E-state index contributed by atoms with van der Waals surface area (Å²) in [4.78, 5) is 13.5. The number of anilines is 6. The minimum Gasteiger partial charge on any atom is -0.310 e. The predicted molar refractivity (Wildman–Crippen MR) is 237 cm³/mol. The SMILES string of the molecule is CC1(C)c2cc(N(c3ccncc3)c3ccc(-c4ccccc4)cc3)ccc2-c2c1cc(N(c1ccncc1)c1ccc(-c3ccccc3)cc1)c1ccccc21. The fourth-order valence-electron chi connectivity index (χ4n) is 8.60. The van der Waals surface area contributed by atoms with Crippen molar-refractivity contribution in [2.24, 2.45) is 0 Å². The molecule has 0 aliphatic heterocycles. The number of pyridine rings is 2. The van der Waals surface area contributed by atoms with Crippen molar-refractivity contribution in [3.8, 4) is 33.4 Å². The maximum Gasteiger partial charge on any atom is 0.0543 e. The standard InChI is InChI=1S/C53H40N4/c1-53(2)49-35-45(56(43-27-31-54-32-28-43)41-21-17-39(18-22-41)37-11-5-3-6-12-37)25-26-48(49)52-47-16-10-9-15-46(47)51(36-50(52)53)57(44-29-33-55-34-30-44)42-23-19-40(20-24-42)38-13-7-4-8-14-38/h3-36H,1-2H3. The number of hydrogen-bond acceptors (Lipinski definition) is 4. The van der Waals surface area contributed by atoms with Crippen LogP contribution in [-0.4, -0.2) is 9.97 Å². The Morgan fingerprint density at radius 3 is 1.37 bits per heavy atom. The van der Waals surface area contributed by atoms with Crippen LogP contribution in [0.5, 0.6) is 0 Å². The summed E-state index contributed by atoms with van der Waals surface area (Å²) in [6.45, 7) is 4.74. The molecule has 0 spiro atoms. The van der Waals surface area contributed by atoms with Crippen LogP contribution in [0.15, 0.2) is 207 Å². The molecule has 4 heteroatoms. The maximum absolute atomic E-state index is 4.39. The summed E-state index contributed by atoms with van der Waals surface area (Å²) in [6.07, 6.45) is 7.49. The van der Waals surface area contributed by atoms with E-state index in [0.29, 0.717) is 0 Å². The molecule has 0 saturated carbocycles. The third-order valence-corrected chi connectivity index (χ3v) is 11.4. The second-order valence-electron chi connectivity index (χ2n) is 15.1. The minimum atomic E-state index is -0.290. The average molecular weight is 733 g/mol. The molecule has 1 aliphatic carbocycles. The van der Waals surface area contributed by atoms with E-state index in [-0.39, 0.29) is 5.41 Å². The summed E-state index contributed by atoms with van der Waals surface area (Å²) in [5.74, 6) is 0. The summed E-state index contributed by atoms with van der Waals surface area (Å²) < 4.78 is 0. The van der Waals surface area contributed by atoms with Gasteiger partial charge >= 0.3 is 0 Å². The molecule has 0 unspecified atom stereocenters. The zero-order valence-electron chi connectivity index (χ0n) is 31.9. The van der Waals surface area contributed by atoms with Crippen LogP contribution in [0.1, 0.15) is 25.0 Å². The first-order valence-electron chi connectivity index (χ1n) is 19.5. The Morgan fingerprint density at radius 2 is 0.807 bits per heavy atom. The fourth-order valence-corrected chi connectivity index (χ4v) is 8.60. The Hall–Kier alpha value is -7.30. The molecule has 57 heavy (non-hydrogen) atoms. The molecular formula is C53H40N4. The van der Waals surface area contributed by atoms with Crippen molar-refractivity contribution in [3.63, 3.8) is 0 Å². The first-order valence-corrected chi connectivity index (χ1v) is 19.5. The van der Waals surface area contributed by atoms with Crippen LogP contribution < -0.4 is 9.80 Å². The van der Waals surface area contributed by atoms with E-state index in [2.05, 4.69) is 216 Å². The van der Waals surface area contributed by atoms with Crippen molar-refractivity contribution in [3.05, 3.63) is 218 Å². The molecule has 1 aliphatic rings. The van der Waals surface area contributed by atoms with E-state index in [4.69, 9.17) is 0 Å². The Bertz CT molecular complexity index is 2840. The van der Waals surface area contributed by atoms with Gasteiger partial charge in [0.2, 0.25) is 0 Å². The average Bonchev–Trinajstić information content (AvgIpc) is 3.51. The third kappa shape index (κ3) is 6.03. The molecule has 272 valence electrons. The molecule has 7 aromatic carbocycles. The van der Waals surface area contributed by atoms with Crippen LogP contribution in [-0.2, 0) is 5.41 Å². The van der Waals surface area contributed by atoms with E-state index in [1.54, 1.807) is 0 Å². The molecular weight excluding hydrogens is 693 g/mol. The van der Waals surface area contributed by atoms with Gasteiger partial charge in [0.25, 0.3) is 0 Å². The molecule has 0 bridgehead atoms. The monoisotopic (exact) mass is 732 g/mol. The van der Waals surface area contributed by atoms with Crippen molar-refractivity contribution in [2.75, 3.05) is 9.80 Å². The Morgan fingerprint density at radius 1 is 0.368 bits per heavy atom. The highest BCUT2D eigenvalue weighted by Crippen LogP contribution is 2.55. The molecule has 9 aromatic rings. The lowest BCUT2D eigenvalue weighted by Gasteiger charge is -2.30. The quantitative estimate of drug-likeness (QED) is 0.156. The number of nitrogens with zero attached hydrogens (tertiary/aromatic N) is 4. The molecule has 2 aromatic heterocycles. The summed E-state index contributed by atoms with van der Waals surface area (Å²) in [5, 5.41) is 2.44. The Kier molecular flexibility index (Phi) is 8.45. The van der Waals surface area contributed by atoms with Gasteiger partial charge in [0.15, 0.2) is 0 Å². The lowest BCUT2D eigenvalue weighted by atomic mass is 9.81. The van der Waals surface area contributed by atoms with Gasteiger partial charge in [-0.25, -0.2) is 0 Å². The van der Waals surface area contributed by atoms with Gasteiger partial charge in [0.05, 0.1) is 5.69 Å². The van der Waals surface area contributed by atoms with Gasteiger partial charge in [-0.2, -0.15) is 0 Å². The molecule has 0 saturated heterocycles. The second kappa shape index (κ2) is 14.1. The highest BCUT2D eigenvalue weighted by atomic mass is 15.2. The normalized spacial score (nSPS) is 12.5. The van der Waals surface area contributed by atoms with Crippen LogP contribution in [0.2, 0.25) is 0 Å². The number of fused-ring (bicyclic) bond motifs is 5. The smallest absolute Gasteiger partial charge is 0.0543 e. The van der Waals surface area contributed by atoms with E-state index in [9.17, 15) is 0 Å². The molecule has 0 atom stereocenters. The van der Waals surface area contributed by atoms with E-state index in [1.165, 1.54) is 55.3 Å². The summed E-state index contributed by atoms with van der Waals surface area (Å²) in [6, 6.07) is 65.5. The molecule has 4 nitrogen and oxygen atoms in total. The van der Waals surface area contributed by atoms with Crippen molar-refractivity contribution < 1.29 is 0 Å². The second-order valence-corrected chi connectivity index (χ2v) is 15.1. The van der Waals surface area contributed by atoms with Crippen LogP contribution in [0.3, 0.4) is 0 Å². The van der Waals surface area contributed by atoms with Gasteiger partial charge in [-0.05, 0) is 117 Å². The first kappa shape index (κ1) is 34.2. The molecule has 0 amide bonds. The van der Waals surface area contributed by atoms with Crippen LogP contribution in [0.4, 0.5) is 34.1 Å². The van der Waals surface area contributed by atoms with Crippen molar-refractivity contribution in [1.29, 1.82) is 0 Å². The van der Waals surface area contributed by atoms with E-state index >= 15 is 0 Å². The predicted octanol–water partition coefficient (Wildman–Crippen LogP) is 14.2. The summed E-state index contributed by atoms with van der Waals surface area (Å²) >= 11 is 0. The molecule has 2 heterocycles. The van der Waals surface area contributed by atoms with Crippen LogP contribution in [0.25, 0.3) is 44.2 Å². The van der Waals surface area contributed by atoms with Gasteiger partial charge < -0.3 is 9.80 Å². The number of rotatable bonds is 8.